The zero-order chi connectivity index (χ0) is 16.9. The minimum absolute atomic E-state index is 0.0301. The first-order valence-corrected chi connectivity index (χ1v) is 8.93. The molecule has 1 amide bonds. The molecule has 1 unspecified atom stereocenters. The van der Waals surface area contributed by atoms with Crippen molar-refractivity contribution in [3.63, 3.8) is 0 Å². The van der Waals surface area contributed by atoms with E-state index in [4.69, 9.17) is 14.2 Å². The highest BCUT2D eigenvalue weighted by Gasteiger charge is 2.26. The summed E-state index contributed by atoms with van der Waals surface area (Å²) >= 11 is 0. The number of carbonyl (C=O) groups excluding carboxylic acids is 1. The lowest BCUT2D eigenvalue weighted by Crippen LogP contribution is -2.38. The van der Waals surface area contributed by atoms with Gasteiger partial charge in [-0.05, 0) is 36.5 Å². The van der Waals surface area contributed by atoms with Crippen molar-refractivity contribution in [3.05, 3.63) is 23.8 Å². The molecule has 24 heavy (non-hydrogen) atoms. The molecule has 1 N–H and O–H groups in total. The molecule has 1 aromatic carbocycles. The number of benzene rings is 1. The highest BCUT2D eigenvalue weighted by Crippen LogP contribution is 2.34. The molecule has 2 aliphatic rings. The van der Waals surface area contributed by atoms with E-state index < -0.39 is 0 Å². The predicted octanol–water partition coefficient (Wildman–Crippen LogP) is 3.09. The Kier molecular flexibility index (Phi) is 5.61. The smallest absolute Gasteiger partial charge is 0.223 e. The molecule has 0 aliphatic carbocycles. The third-order valence-electron chi connectivity index (χ3n) is 4.69. The van der Waals surface area contributed by atoms with Crippen LogP contribution in [0.25, 0.3) is 0 Å². The zero-order valence-electron chi connectivity index (χ0n) is 14.5. The van der Waals surface area contributed by atoms with Gasteiger partial charge in [0.25, 0.3) is 0 Å². The molecule has 1 aromatic rings. The quantitative estimate of drug-likeness (QED) is 0.920. The SMILES string of the molecule is CC(C)C(NC(=O)C1CCOCC1)c1ccc2c(c1)OCCCO2. The second kappa shape index (κ2) is 7.88. The summed E-state index contributed by atoms with van der Waals surface area (Å²) in [4.78, 5) is 12.6. The van der Waals surface area contributed by atoms with Gasteiger partial charge in [0.1, 0.15) is 0 Å². The lowest BCUT2D eigenvalue weighted by molar-refractivity contribution is -0.129. The summed E-state index contributed by atoms with van der Waals surface area (Å²) in [6, 6.07) is 5.96. The van der Waals surface area contributed by atoms with Crippen LogP contribution in [0.3, 0.4) is 0 Å². The summed E-state index contributed by atoms with van der Waals surface area (Å²) in [5.74, 6) is 2.04. The van der Waals surface area contributed by atoms with Crippen LogP contribution in [0.4, 0.5) is 0 Å². The zero-order valence-corrected chi connectivity index (χ0v) is 14.5. The largest absolute Gasteiger partial charge is 0.490 e. The van der Waals surface area contributed by atoms with Gasteiger partial charge < -0.3 is 19.5 Å². The first-order chi connectivity index (χ1) is 11.6. The number of amides is 1. The maximum atomic E-state index is 12.6. The molecule has 1 saturated heterocycles. The molecule has 5 nitrogen and oxygen atoms in total. The van der Waals surface area contributed by atoms with Gasteiger partial charge in [-0.3, -0.25) is 4.79 Å². The van der Waals surface area contributed by atoms with Crippen LogP contribution >= 0.6 is 0 Å². The van der Waals surface area contributed by atoms with E-state index in [0.29, 0.717) is 32.3 Å². The van der Waals surface area contributed by atoms with E-state index in [1.54, 1.807) is 0 Å². The lowest BCUT2D eigenvalue weighted by atomic mass is 9.93. The van der Waals surface area contributed by atoms with Gasteiger partial charge in [0.2, 0.25) is 5.91 Å². The number of ether oxygens (including phenoxy) is 3. The van der Waals surface area contributed by atoms with E-state index in [1.807, 2.05) is 18.2 Å². The average molecular weight is 333 g/mol. The van der Waals surface area contributed by atoms with Gasteiger partial charge in [0.15, 0.2) is 11.5 Å². The Morgan fingerprint density at radius 3 is 2.50 bits per heavy atom. The number of fused-ring (bicyclic) bond motifs is 1. The molecule has 1 fully saturated rings. The van der Waals surface area contributed by atoms with Crippen molar-refractivity contribution in [1.29, 1.82) is 0 Å². The van der Waals surface area contributed by atoms with E-state index in [0.717, 1.165) is 36.3 Å². The summed E-state index contributed by atoms with van der Waals surface area (Å²) in [5.41, 5.74) is 1.06. The Hall–Kier alpha value is -1.75. The van der Waals surface area contributed by atoms with Gasteiger partial charge in [-0.15, -0.1) is 0 Å². The monoisotopic (exact) mass is 333 g/mol. The van der Waals surface area contributed by atoms with Crippen molar-refractivity contribution in [2.75, 3.05) is 26.4 Å². The van der Waals surface area contributed by atoms with Crippen LogP contribution in [-0.2, 0) is 9.53 Å². The molecule has 0 saturated carbocycles. The first kappa shape index (κ1) is 17.1. The number of rotatable bonds is 4. The lowest BCUT2D eigenvalue weighted by Gasteiger charge is -2.28. The molecule has 5 heteroatoms. The molecule has 0 radical (unpaired) electrons. The van der Waals surface area contributed by atoms with Crippen LogP contribution in [0.1, 0.15) is 44.7 Å². The van der Waals surface area contributed by atoms with Crippen molar-refractivity contribution in [1.82, 2.24) is 5.32 Å². The maximum Gasteiger partial charge on any atom is 0.223 e. The summed E-state index contributed by atoms with van der Waals surface area (Å²) in [7, 11) is 0. The van der Waals surface area contributed by atoms with E-state index >= 15 is 0 Å². The van der Waals surface area contributed by atoms with E-state index in [-0.39, 0.29) is 17.9 Å². The minimum Gasteiger partial charge on any atom is -0.490 e. The number of hydrogen-bond donors (Lipinski definition) is 1. The fourth-order valence-corrected chi connectivity index (χ4v) is 3.24. The minimum atomic E-state index is -0.0301. The molecular weight excluding hydrogens is 306 g/mol. The van der Waals surface area contributed by atoms with Gasteiger partial charge in [0.05, 0.1) is 19.3 Å². The topological polar surface area (TPSA) is 56.8 Å². The van der Waals surface area contributed by atoms with E-state index in [1.165, 1.54) is 0 Å². The van der Waals surface area contributed by atoms with Gasteiger partial charge >= 0.3 is 0 Å². The Balaban J connectivity index is 1.75. The molecular formula is C19H27NO4. The van der Waals surface area contributed by atoms with Crippen LogP contribution in [-0.4, -0.2) is 32.3 Å². The Labute approximate surface area is 143 Å². The fourth-order valence-electron chi connectivity index (χ4n) is 3.24. The van der Waals surface area contributed by atoms with Crippen LogP contribution in [0.2, 0.25) is 0 Å². The molecule has 2 heterocycles. The average Bonchev–Trinajstić information content (AvgIpc) is 2.84. The molecule has 0 bridgehead atoms. The third-order valence-corrected chi connectivity index (χ3v) is 4.69. The predicted molar refractivity (Wildman–Crippen MR) is 91.3 cm³/mol. The molecule has 2 aliphatic heterocycles. The molecule has 0 aromatic heterocycles. The summed E-state index contributed by atoms with van der Waals surface area (Å²) in [6.07, 6.45) is 2.49. The Morgan fingerprint density at radius 2 is 1.79 bits per heavy atom. The number of carbonyl (C=O) groups is 1. The van der Waals surface area contributed by atoms with Crippen molar-refractivity contribution >= 4 is 5.91 Å². The molecule has 0 spiro atoms. The fraction of sp³-hybridized carbons (Fsp3) is 0.632. The second-order valence-corrected chi connectivity index (χ2v) is 6.87. The standard InChI is InChI=1S/C19H27NO4/c1-13(2)18(20-19(21)14-6-10-22-11-7-14)15-4-5-16-17(12-15)24-9-3-8-23-16/h4-5,12-14,18H,3,6-11H2,1-2H3,(H,20,21). The number of hydrogen-bond acceptors (Lipinski definition) is 4. The van der Waals surface area contributed by atoms with Crippen LogP contribution < -0.4 is 14.8 Å². The summed E-state index contributed by atoms with van der Waals surface area (Å²) in [6.45, 7) is 6.94. The number of nitrogens with one attached hydrogen (secondary N) is 1. The van der Waals surface area contributed by atoms with Gasteiger partial charge in [-0.2, -0.15) is 0 Å². The van der Waals surface area contributed by atoms with Gasteiger partial charge in [0, 0.05) is 25.6 Å². The Bertz CT molecular complexity index is 566. The second-order valence-electron chi connectivity index (χ2n) is 6.87. The van der Waals surface area contributed by atoms with Gasteiger partial charge in [-0.25, -0.2) is 0 Å². The highest BCUT2D eigenvalue weighted by atomic mass is 16.5. The van der Waals surface area contributed by atoms with Crippen molar-refractivity contribution in [2.45, 2.75) is 39.2 Å². The van der Waals surface area contributed by atoms with Crippen molar-refractivity contribution in [3.8, 4) is 11.5 Å². The summed E-state index contributed by atoms with van der Waals surface area (Å²) < 4.78 is 16.8. The first-order valence-electron chi connectivity index (χ1n) is 8.93. The molecule has 1 atom stereocenters. The Morgan fingerprint density at radius 1 is 1.08 bits per heavy atom. The van der Waals surface area contributed by atoms with Crippen molar-refractivity contribution in [2.24, 2.45) is 11.8 Å². The summed E-state index contributed by atoms with van der Waals surface area (Å²) in [5, 5.41) is 3.23. The normalized spacial score (nSPS) is 19.6. The van der Waals surface area contributed by atoms with E-state index in [9.17, 15) is 4.79 Å². The molecule has 132 valence electrons. The third kappa shape index (κ3) is 4.01. The highest BCUT2D eigenvalue weighted by molar-refractivity contribution is 5.79. The van der Waals surface area contributed by atoms with Crippen LogP contribution in [0.5, 0.6) is 11.5 Å². The van der Waals surface area contributed by atoms with Gasteiger partial charge in [-0.1, -0.05) is 19.9 Å². The maximum absolute atomic E-state index is 12.6. The van der Waals surface area contributed by atoms with Crippen molar-refractivity contribution < 1.29 is 19.0 Å². The van der Waals surface area contributed by atoms with E-state index in [2.05, 4.69) is 19.2 Å². The van der Waals surface area contributed by atoms with Crippen LogP contribution in [0.15, 0.2) is 18.2 Å². The molecule has 3 rings (SSSR count). The van der Waals surface area contributed by atoms with Crippen LogP contribution in [0, 0.1) is 11.8 Å².